The van der Waals surface area contributed by atoms with Crippen LogP contribution in [-0.2, 0) is 5.88 Å². The van der Waals surface area contributed by atoms with Crippen molar-refractivity contribution < 1.29 is 27.9 Å². The maximum Gasteiger partial charge on any atom is 0.573 e. The van der Waals surface area contributed by atoms with Crippen molar-refractivity contribution in [1.29, 1.82) is 0 Å². The first kappa shape index (κ1) is 13.3. The molecule has 0 saturated heterocycles. The standard InChI is InChI=1S/C7H4ClF3N2O4/c8-1-3-6(17-7(9,10)11)5(13(15)16)4(14)2-12-3/h2,14H,1H2. The van der Waals surface area contributed by atoms with Crippen LogP contribution in [0.3, 0.4) is 0 Å². The minimum atomic E-state index is -5.15. The summed E-state index contributed by atoms with van der Waals surface area (Å²) in [4.78, 5) is 12.6. The molecule has 0 aliphatic heterocycles. The molecule has 0 amide bonds. The van der Waals surface area contributed by atoms with E-state index < -0.39 is 40.0 Å². The summed E-state index contributed by atoms with van der Waals surface area (Å²) in [6.07, 6.45) is -4.53. The van der Waals surface area contributed by atoms with Gasteiger partial charge in [0.05, 0.1) is 17.0 Å². The van der Waals surface area contributed by atoms with Crippen molar-refractivity contribution in [3.8, 4) is 11.5 Å². The highest BCUT2D eigenvalue weighted by Crippen LogP contribution is 2.40. The number of hydrogen-bond donors (Lipinski definition) is 1. The average molecular weight is 273 g/mol. The first-order chi connectivity index (χ1) is 7.76. The summed E-state index contributed by atoms with van der Waals surface area (Å²) in [6.45, 7) is 0. The zero-order valence-electron chi connectivity index (χ0n) is 7.86. The van der Waals surface area contributed by atoms with Crippen LogP contribution in [0.2, 0.25) is 0 Å². The van der Waals surface area contributed by atoms with Gasteiger partial charge in [0.25, 0.3) is 0 Å². The first-order valence-electron chi connectivity index (χ1n) is 3.93. The van der Waals surface area contributed by atoms with Crippen LogP contribution in [0.4, 0.5) is 18.9 Å². The lowest BCUT2D eigenvalue weighted by Crippen LogP contribution is -2.19. The largest absolute Gasteiger partial charge is 0.573 e. The van der Waals surface area contributed by atoms with Gasteiger partial charge in [0.1, 0.15) is 5.69 Å². The highest BCUT2D eigenvalue weighted by Gasteiger charge is 2.37. The van der Waals surface area contributed by atoms with Gasteiger partial charge in [-0.25, -0.2) is 0 Å². The Morgan fingerprint density at radius 1 is 1.59 bits per heavy atom. The summed E-state index contributed by atoms with van der Waals surface area (Å²) in [5, 5.41) is 19.6. The maximum absolute atomic E-state index is 12.0. The summed E-state index contributed by atoms with van der Waals surface area (Å²) in [7, 11) is 0. The number of hydrogen-bond acceptors (Lipinski definition) is 5. The molecule has 10 heteroatoms. The van der Waals surface area contributed by atoms with E-state index in [9.17, 15) is 23.3 Å². The minimum absolute atomic E-state index is 0.492. The fraction of sp³-hybridized carbons (Fsp3) is 0.286. The van der Waals surface area contributed by atoms with Crippen LogP contribution in [-0.4, -0.2) is 21.4 Å². The number of rotatable bonds is 3. The molecule has 0 fully saturated rings. The predicted molar refractivity (Wildman–Crippen MR) is 48.8 cm³/mol. The molecule has 1 N–H and O–H groups in total. The van der Waals surface area contributed by atoms with E-state index in [1.807, 2.05) is 0 Å². The third-order valence-electron chi connectivity index (χ3n) is 1.59. The summed E-state index contributed by atoms with van der Waals surface area (Å²) >= 11 is 5.28. The molecule has 1 rings (SSSR count). The molecule has 17 heavy (non-hydrogen) atoms. The van der Waals surface area contributed by atoms with Crippen molar-refractivity contribution in [2.45, 2.75) is 12.2 Å². The van der Waals surface area contributed by atoms with Crippen LogP contribution < -0.4 is 4.74 Å². The van der Waals surface area contributed by atoms with E-state index in [0.717, 1.165) is 0 Å². The molecule has 1 aromatic rings. The molecule has 0 spiro atoms. The van der Waals surface area contributed by atoms with Crippen molar-refractivity contribution in [3.05, 3.63) is 22.0 Å². The molecule has 1 heterocycles. The van der Waals surface area contributed by atoms with Gasteiger partial charge in [-0.2, -0.15) is 0 Å². The van der Waals surface area contributed by atoms with Crippen molar-refractivity contribution >= 4 is 17.3 Å². The highest BCUT2D eigenvalue weighted by atomic mass is 35.5. The number of nitro groups is 1. The van der Waals surface area contributed by atoms with Gasteiger partial charge in [-0.3, -0.25) is 15.1 Å². The number of halogens is 4. The average Bonchev–Trinajstić information content (AvgIpc) is 2.15. The molecular formula is C7H4ClF3N2O4. The minimum Gasteiger partial charge on any atom is -0.501 e. The Labute approximate surface area is 96.7 Å². The van der Waals surface area contributed by atoms with Crippen LogP contribution in [0.15, 0.2) is 6.20 Å². The molecule has 1 aromatic heterocycles. The second-order valence-corrected chi connectivity index (χ2v) is 2.97. The summed E-state index contributed by atoms with van der Waals surface area (Å²) in [6, 6.07) is 0. The van der Waals surface area contributed by atoms with Gasteiger partial charge in [-0.15, -0.1) is 24.8 Å². The fourth-order valence-electron chi connectivity index (χ4n) is 1.01. The molecule has 0 aliphatic rings. The zero-order valence-corrected chi connectivity index (χ0v) is 8.62. The smallest absolute Gasteiger partial charge is 0.501 e. The number of alkyl halides is 4. The highest BCUT2D eigenvalue weighted by molar-refractivity contribution is 6.17. The van der Waals surface area contributed by atoms with Gasteiger partial charge in [0.2, 0.25) is 11.5 Å². The SMILES string of the molecule is O=[N+]([O-])c1c(O)cnc(CCl)c1OC(F)(F)F. The third-order valence-corrected chi connectivity index (χ3v) is 1.84. The summed E-state index contributed by atoms with van der Waals surface area (Å²) in [5.41, 5.74) is -1.72. The topological polar surface area (TPSA) is 85.5 Å². The summed E-state index contributed by atoms with van der Waals surface area (Å²) in [5.74, 6) is -2.78. The Bertz CT molecular complexity index is 451. The molecule has 6 nitrogen and oxygen atoms in total. The van der Waals surface area contributed by atoms with E-state index in [1.165, 1.54) is 0 Å². The van der Waals surface area contributed by atoms with Gasteiger partial charge in [-0.05, 0) is 0 Å². The van der Waals surface area contributed by atoms with Crippen molar-refractivity contribution in [2.24, 2.45) is 0 Å². The molecule has 0 atom stereocenters. The van der Waals surface area contributed by atoms with Crippen LogP contribution in [0.5, 0.6) is 11.5 Å². The molecule has 0 unspecified atom stereocenters. The Hall–Kier alpha value is -1.77. The van der Waals surface area contributed by atoms with Crippen LogP contribution >= 0.6 is 11.6 Å². The van der Waals surface area contributed by atoms with E-state index in [4.69, 9.17) is 16.7 Å². The normalized spacial score (nSPS) is 11.3. The van der Waals surface area contributed by atoms with Crippen LogP contribution in [0.1, 0.15) is 5.69 Å². The van der Waals surface area contributed by atoms with E-state index >= 15 is 0 Å². The Kier molecular flexibility index (Phi) is 3.61. The van der Waals surface area contributed by atoms with Gasteiger partial charge in [-0.1, -0.05) is 0 Å². The van der Waals surface area contributed by atoms with Crippen molar-refractivity contribution in [2.75, 3.05) is 0 Å². The molecule has 0 saturated carbocycles. The lowest BCUT2D eigenvalue weighted by Gasteiger charge is -2.11. The van der Waals surface area contributed by atoms with Crippen molar-refractivity contribution in [1.82, 2.24) is 4.98 Å². The van der Waals surface area contributed by atoms with E-state index in [1.54, 1.807) is 0 Å². The van der Waals surface area contributed by atoms with Gasteiger partial charge in [0, 0.05) is 0 Å². The lowest BCUT2D eigenvalue weighted by molar-refractivity contribution is -0.389. The Morgan fingerprint density at radius 3 is 2.59 bits per heavy atom. The third kappa shape index (κ3) is 3.09. The van der Waals surface area contributed by atoms with Gasteiger partial charge in [0.15, 0.2) is 0 Å². The molecule has 0 aliphatic carbocycles. The lowest BCUT2D eigenvalue weighted by atomic mass is 10.3. The van der Waals surface area contributed by atoms with Crippen LogP contribution in [0, 0.1) is 10.1 Å². The second kappa shape index (κ2) is 4.62. The van der Waals surface area contributed by atoms with E-state index in [2.05, 4.69) is 9.72 Å². The summed E-state index contributed by atoms with van der Waals surface area (Å²) < 4.78 is 39.6. The molecule has 94 valence electrons. The number of nitrogens with zero attached hydrogens (tertiary/aromatic N) is 2. The number of pyridine rings is 1. The second-order valence-electron chi connectivity index (χ2n) is 2.71. The van der Waals surface area contributed by atoms with Gasteiger partial charge < -0.3 is 9.84 Å². The predicted octanol–water partition coefficient (Wildman–Crippen LogP) is 2.33. The fourth-order valence-corrected chi connectivity index (χ4v) is 1.20. The monoisotopic (exact) mass is 272 g/mol. The molecular weight excluding hydrogens is 269 g/mol. The van der Waals surface area contributed by atoms with Gasteiger partial charge >= 0.3 is 12.0 Å². The number of aromatic nitrogens is 1. The van der Waals surface area contributed by atoms with Crippen molar-refractivity contribution in [3.63, 3.8) is 0 Å². The zero-order chi connectivity index (χ0) is 13.2. The quantitative estimate of drug-likeness (QED) is 0.518. The Balaban J connectivity index is 3.40. The van der Waals surface area contributed by atoms with E-state index in [0.29, 0.717) is 6.20 Å². The first-order valence-corrected chi connectivity index (χ1v) is 4.46. The molecule has 0 radical (unpaired) electrons. The van der Waals surface area contributed by atoms with E-state index in [-0.39, 0.29) is 0 Å². The van der Waals surface area contributed by atoms with Crippen LogP contribution in [0.25, 0.3) is 0 Å². The molecule has 0 bridgehead atoms. The Morgan fingerprint density at radius 2 is 2.18 bits per heavy atom. The number of aromatic hydroxyl groups is 1. The maximum atomic E-state index is 12.0. The number of ether oxygens (including phenoxy) is 1. The molecule has 0 aromatic carbocycles.